The number of methoxy groups -OCH3 is 2. The number of hydrogen-bond acceptors (Lipinski definition) is 6. The third-order valence-corrected chi connectivity index (χ3v) is 4.29. The van der Waals surface area contributed by atoms with E-state index in [2.05, 4.69) is 0 Å². The van der Waals surface area contributed by atoms with Gasteiger partial charge in [-0.15, -0.1) is 0 Å². The molecule has 1 aromatic rings. The number of benzene rings is 1. The summed E-state index contributed by atoms with van der Waals surface area (Å²) in [5.41, 5.74) is 0.0446. The lowest BCUT2D eigenvalue weighted by atomic mass is 10.0. The standard InChI is InChI=1S/C19H28N2O6/c1-19(2,3)27-18(24)21-10-8-20(9-11-21)16(17(22)23)13-6-7-14(25-4)15(12-13)26-5/h6-7,12,16H,8-11H2,1-5H3,(H,22,23). The molecule has 0 aromatic heterocycles. The van der Waals surface area contributed by atoms with Crippen LogP contribution in [0.2, 0.25) is 0 Å². The zero-order valence-corrected chi connectivity index (χ0v) is 16.5. The van der Waals surface area contributed by atoms with Crippen LogP contribution in [0.25, 0.3) is 0 Å². The van der Waals surface area contributed by atoms with Crippen molar-refractivity contribution in [1.82, 2.24) is 9.80 Å². The molecule has 0 radical (unpaired) electrons. The highest BCUT2D eigenvalue weighted by atomic mass is 16.6. The van der Waals surface area contributed by atoms with Crippen molar-refractivity contribution in [2.75, 3.05) is 40.4 Å². The van der Waals surface area contributed by atoms with Crippen molar-refractivity contribution in [3.8, 4) is 11.5 Å². The fourth-order valence-electron chi connectivity index (χ4n) is 3.02. The highest BCUT2D eigenvalue weighted by molar-refractivity contribution is 5.76. The fraction of sp³-hybridized carbons (Fsp3) is 0.579. The SMILES string of the molecule is COc1ccc(C(C(=O)O)N2CCN(C(=O)OC(C)(C)C)CC2)cc1OC. The summed E-state index contributed by atoms with van der Waals surface area (Å²) < 4.78 is 15.9. The van der Waals surface area contributed by atoms with Gasteiger partial charge in [0.1, 0.15) is 11.6 Å². The van der Waals surface area contributed by atoms with E-state index in [0.717, 1.165) is 0 Å². The fourth-order valence-corrected chi connectivity index (χ4v) is 3.02. The van der Waals surface area contributed by atoms with Gasteiger partial charge < -0.3 is 24.2 Å². The Balaban J connectivity index is 2.11. The predicted molar refractivity (Wildman–Crippen MR) is 99.3 cm³/mol. The number of carbonyl (C=O) groups is 2. The highest BCUT2D eigenvalue weighted by Crippen LogP contribution is 2.32. The van der Waals surface area contributed by atoms with Crippen LogP contribution in [-0.2, 0) is 9.53 Å². The predicted octanol–water partition coefficient (Wildman–Crippen LogP) is 2.38. The maximum absolute atomic E-state index is 12.2. The number of rotatable bonds is 5. The van der Waals surface area contributed by atoms with Crippen LogP contribution in [0.1, 0.15) is 32.4 Å². The second-order valence-corrected chi connectivity index (χ2v) is 7.36. The maximum Gasteiger partial charge on any atom is 0.410 e. The van der Waals surface area contributed by atoms with E-state index < -0.39 is 17.6 Å². The van der Waals surface area contributed by atoms with Crippen LogP contribution >= 0.6 is 0 Å². The topological polar surface area (TPSA) is 88.5 Å². The summed E-state index contributed by atoms with van der Waals surface area (Å²) in [5, 5.41) is 9.78. The molecule has 1 atom stereocenters. The van der Waals surface area contributed by atoms with E-state index in [0.29, 0.717) is 43.2 Å². The third-order valence-electron chi connectivity index (χ3n) is 4.29. The van der Waals surface area contributed by atoms with Gasteiger partial charge in [0.2, 0.25) is 0 Å². The van der Waals surface area contributed by atoms with Gasteiger partial charge in [-0.3, -0.25) is 9.69 Å². The Hall–Kier alpha value is -2.48. The van der Waals surface area contributed by atoms with Crippen molar-refractivity contribution in [3.63, 3.8) is 0 Å². The Morgan fingerprint density at radius 3 is 2.11 bits per heavy atom. The van der Waals surface area contributed by atoms with Crippen LogP contribution in [0.5, 0.6) is 11.5 Å². The molecule has 8 heteroatoms. The molecule has 1 N–H and O–H groups in total. The zero-order valence-electron chi connectivity index (χ0n) is 16.5. The van der Waals surface area contributed by atoms with E-state index >= 15 is 0 Å². The van der Waals surface area contributed by atoms with Gasteiger partial charge in [-0.1, -0.05) is 6.07 Å². The van der Waals surface area contributed by atoms with Gasteiger partial charge in [0.05, 0.1) is 14.2 Å². The van der Waals surface area contributed by atoms with Crippen LogP contribution < -0.4 is 9.47 Å². The normalized spacial score (nSPS) is 16.6. The largest absolute Gasteiger partial charge is 0.493 e. The van der Waals surface area contributed by atoms with Crippen LogP contribution in [0.4, 0.5) is 4.79 Å². The van der Waals surface area contributed by atoms with Crippen molar-refractivity contribution in [1.29, 1.82) is 0 Å². The molecule has 150 valence electrons. The Morgan fingerprint density at radius 2 is 1.63 bits per heavy atom. The average Bonchev–Trinajstić information content (AvgIpc) is 2.60. The molecule has 0 aliphatic carbocycles. The minimum absolute atomic E-state index is 0.375. The van der Waals surface area contributed by atoms with Gasteiger partial charge in [0.15, 0.2) is 11.5 Å². The van der Waals surface area contributed by atoms with Crippen molar-refractivity contribution < 1.29 is 28.9 Å². The van der Waals surface area contributed by atoms with Gasteiger partial charge >= 0.3 is 12.1 Å². The Bertz CT molecular complexity index is 677. The molecule has 0 saturated carbocycles. The molecule has 8 nitrogen and oxygen atoms in total. The van der Waals surface area contributed by atoms with Gasteiger partial charge in [-0.25, -0.2) is 4.79 Å². The first-order valence-electron chi connectivity index (χ1n) is 8.83. The molecule has 1 heterocycles. The van der Waals surface area contributed by atoms with E-state index in [9.17, 15) is 14.7 Å². The van der Waals surface area contributed by atoms with Crippen molar-refractivity contribution >= 4 is 12.1 Å². The second kappa shape index (κ2) is 8.47. The monoisotopic (exact) mass is 380 g/mol. The number of carbonyl (C=O) groups excluding carboxylic acids is 1. The van der Waals surface area contributed by atoms with Gasteiger partial charge in [0.25, 0.3) is 0 Å². The van der Waals surface area contributed by atoms with E-state index in [-0.39, 0.29) is 6.09 Å². The molecule has 1 unspecified atom stereocenters. The van der Waals surface area contributed by atoms with Gasteiger partial charge in [0, 0.05) is 26.2 Å². The van der Waals surface area contributed by atoms with Crippen molar-refractivity contribution in [3.05, 3.63) is 23.8 Å². The number of carboxylic acids is 1. The average molecular weight is 380 g/mol. The van der Waals surface area contributed by atoms with Crippen LogP contribution in [0.15, 0.2) is 18.2 Å². The number of aliphatic carboxylic acids is 1. The smallest absolute Gasteiger partial charge is 0.410 e. The molecular formula is C19H28N2O6. The molecule has 1 saturated heterocycles. The molecule has 2 rings (SSSR count). The molecule has 0 bridgehead atoms. The van der Waals surface area contributed by atoms with Gasteiger partial charge in [-0.05, 0) is 38.5 Å². The van der Waals surface area contributed by atoms with E-state index in [4.69, 9.17) is 14.2 Å². The quantitative estimate of drug-likeness (QED) is 0.839. The first kappa shape index (κ1) is 20.8. The number of amides is 1. The highest BCUT2D eigenvalue weighted by Gasteiger charge is 2.33. The second-order valence-electron chi connectivity index (χ2n) is 7.36. The van der Waals surface area contributed by atoms with Crippen LogP contribution in [0, 0.1) is 0 Å². The maximum atomic E-state index is 12.2. The molecule has 1 fully saturated rings. The molecular weight excluding hydrogens is 352 g/mol. The van der Waals surface area contributed by atoms with Crippen molar-refractivity contribution in [2.24, 2.45) is 0 Å². The summed E-state index contributed by atoms with van der Waals surface area (Å²) in [6.07, 6.45) is -0.375. The molecule has 27 heavy (non-hydrogen) atoms. The van der Waals surface area contributed by atoms with E-state index in [1.807, 2.05) is 25.7 Å². The van der Waals surface area contributed by atoms with Crippen LogP contribution in [-0.4, -0.2) is 73.0 Å². The number of piperazine rings is 1. The number of carboxylic acid groups (broad SMARTS) is 1. The molecule has 1 aliphatic heterocycles. The molecule has 1 amide bonds. The number of ether oxygens (including phenoxy) is 3. The van der Waals surface area contributed by atoms with E-state index in [1.165, 1.54) is 14.2 Å². The van der Waals surface area contributed by atoms with Crippen molar-refractivity contribution in [2.45, 2.75) is 32.4 Å². The Morgan fingerprint density at radius 1 is 1.04 bits per heavy atom. The lowest BCUT2D eigenvalue weighted by Crippen LogP contribution is -2.52. The minimum Gasteiger partial charge on any atom is -0.493 e. The summed E-state index contributed by atoms with van der Waals surface area (Å²) in [6.45, 7) is 7.14. The molecule has 0 spiro atoms. The van der Waals surface area contributed by atoms with E-state index in [1.54, 1.807) is 23.1 Å². The summed E-state index contributed by atoms with van der Waals surface area (Å²) >= 11 is 0. The summed E-state index contributed by atoms with van der Waals surface area (Å²) in [4.78, 5) is 27.6. The molecule has 1 aliphatic rings. The first-order valence-corrected chi connectivity index (χ1v) is 8.83. The van der Waals surface area contributed by atoms with Gasteiger partial charge in [-0.2, -0.15) is 0 Å². The lowest BCUT2D eigenvalue weighted by molar-refractivity contribution is -0.144. The molecule has 1 aromatic carbocycles. The zero-order chi connectivity index (χ0) is 20.2. The Labute approximate surface area is 159 Å². The lowest BCUT2D eigenvalue weighted by Gasteiger charge is -2.38. The summed E-state index contributed by atoms with van der Waals surface area (Å²) in [5.74, 6) is 0.0710. The first-order chi connectivity index (χ1) is 12.7. The van der Waals surface area contributed by atoms with Crippen LogP contribution in [0.3, 0.4) is 0 Å². The number of nitrogens with zero attached hydrogens (tertiary/aromatic N) is 2. The summed E-state index contributed by atoms with van der Waals surface area (Å²) in [7, 11) is 3.04. The Kier molecular flexibility index (Phi) is 6.54. The summed E-state index contributed by atoms with van der Waals surface area (Å²) in [6, 6.07) is 4.27. The minimum atomic E-state index is -0.951. The third kappa shape index (κ3) is 5.26. The number of hydrogen-bond donors (Lipinski definition) is 1.